The number of hydrogen-bond acceptors (Lipinski definition) is 6. The molecule has 1 fully saturated rings. The Morgan fingerprint density at radius 3 is 3.09 bits per heavy atom. The number of aromatic nitrogens is 3. The number of rotatable bonds is 4. The summed E-state index contributed by atoms with van der Waals surface area (Å²) < 4.78 is 5.42. The smallest absolute Gasteiger partial charge is 0.227 e. The lowest BCUT2D eigenvalue weighted by Crippen LogP contribution is -2.44. The van der Waals surface area contributed by atoms with Crippen molar-refractivity contribution < 1.29 is 4.52 Å². The fourth-order valence-electron chi connectivity index (χ4n) is 2.63. The minimum absolute atomic E-state index is 0. The molecule has 0 bridgehead atoms. The molecular formula is C15H22ClN5O. The Bertz CT molecular complexity index is 576. The molecular weight excluding hydrogens is 302 g/mol. The Hall–Kier alpha value is -1.50. The Morgan fingerprint density at radius 2 is 2.36 bits per heavy atom. The number of nitrogens with one attached hydrogen (secondary N) is 1. The minimum atomic E-state index is 0. The van der Waals surface area contributed by atoms with Gasteiger partial charge in [0, 0.05) is 38.4 Å². The second-order valence-corrected chi connectivity index (χ2v) is 5.64. The van der Waals surface area contributed by atoms with Crippen LogP contribution in [-0.2, 0) is 6.42 Å². The van der Waals surface area contributed by atoms with E-state index in [2.05, 4.69) is 45.4 Å². The zero-order valence-electron chi connectivity index (χ0n) is 12.9. The molecule has 1 saturated heterocycles. The topological polar surface area (TPSA) is 67.1 Å². The van der Waals surface area contributed by atoms with Crippen LogP contribution in [0, 0.1) is 0 Å². The van der Waals surface area contributed by atoms with Crippen molar-refractivity contribution in [2.24, 2.45) is 0 Å². The van der Waals surface area contributed by atoms with E-state index in [4.69, 9.17) is 4.52 Å². The molecule has 2 aromatic rings. The van der Waals surface area contributed by atoms with Crippen molar-refractivity contribution in [2.45, 2.75) is 25.3 Å². The van der Waals surface area contributed by atoms with Gasteiger partial charge in [0.25, 0.3) is 0 Å². The number of pyridine rings is 1. The van der Waals surface area contributed by atoms with Crippen molar-refractivity contribution in [2.75, 3.05) is 26.7 Å². The summed E-state index contributed by atoms with van der Waals surface area (Å²) in [6.45, 7) is 5.03. The number of hydrogen-bond donors (Lipinski definition) is 1. The highest BCUT2D eigenvalue weighted by Crippen LogP contribution is 2.21. The largest absolute Gasteiger partial charge is 0.339 e. The molecule has 0 aromatic carbocycles. The number of piperazine rings is 1. The van der Waals surface area contributed by atoms with Crippen LogP contribution in [0.2, 0.25) is 0 Å². The van der Waals surface area contributed by atoms with Crippen molar-refractivity contribution in [1.82, 2.24) is 25.3 Å². The van der Waals surface area contributed by atoms with Gasteiger partial charge in [-0.15, -0.1) is 12.4 Å². The van der Waals surface area contributed by atoms with Gasteiger partial charge in [0.1, 0.15) is 0 Å². The fraction of sp³-hybridized carbons (Fsp3) is 0.533. The first kappa shape index (κ1) is 16.9. The summed E-state index contributed by atoms with van der Waals surface area (Å²) in [6, 6.07) is 4.23. The summed E-state index contributed by atoms with van der Waals surface area (Å²) in [5, 5.41) is 7.52. The van der Waals surface area contributed by atoms with Crippen LogP contribution in [0.4, 0.5) is 0 Å². The predicted octanol–water partition coefficient (Wildman–Crippen LogP) is 1.81. The summed E-state index contributed by atoms with van der Waals surface area (Å²) >= 11 is 0. The molecule has 3 heterocycles. The summed E-state index contributed by atoms with van der Waals surface area (Å²) in [4.78, 5) is 11.0. The van der Waals surface area contributed by atoms with Crippen LogP contribution in [0.15, 0.2) is 29.0 Å². The molecule has 3 rings (SSSR count). The molecule has 1 aliphatic heterocycles. The minimum Gasteiger partial charge on any atom is -0.339 e. The first-order valence-electron chi connectivity index (χ1n) is 7.37. The highest BCUT2D eigenvalue weighted by Gasteiger charge is 2.25. The van der Waals surface area contributed by atoms with Crippen molar-refractivity contribution in [3.05, 3.63) is 41.8 Å². The van der Waals surface area contributed by atoms with E-state index in [0.29, 0.717) is 11.8 Å². The average molecular weight is 324 g/mol. The van der Waals surface area contributed by atoms with Gasteiger partial charge in [0.2, 0.25) is 5.89 Å². The van der Waals surface area contributed by atoms with Gasteiger partial charge < -0.3 is 9.84 Å². The van der Waals surface area contributed by atoms with Crippen LogP contribution < -0.4 is 5.32 Å². The molecule has 1 aliphatic rings. The lowest BCUT2D eigenvalue weighted by atomic mass is 10.00. The highest BCUT2D eigenvalue weighted by atomic mass is 35.5. The van der Waals surface area contributed by atoms with Crippen LogP contribution in [0.3, 0.4) is 0 Å². The van der Waals surface area contributed by atoms with Gasteiger partial charge in [-0.1, -0.05) is 18.1 Å². The lowest BCUT2D eigenvalue weighted by Gasteiger charge is -2.30. The Kier molecular flexibility index (Phi) is 5.88. The van der Waals surface area contributed by atoms with Crippen LogP contribution >= 0.6 is 12.4 Å². The molecule has 2 unspecified atom stereocenters. The van der Waals surface area contributed by atoms with Crippen molar-refractivity contribution in [3.63, 3.8) is 0 Å². The van der Waals surface area contributed by atoms with Gasteiger partial charge in [-0.3, -0.25) is 9.88 Å². The SMILES string of the molecule is CC(Cc1nc(C2CNCCN2C)no1)c1cccnc1.Cl. The molecule has 2 atom stereocenters. The Morgan fingerprint density at radius 1 is 1.50 bits per heavy atom. The molecule has 120 valence electrons. The Balaban J connectivity index is 0.00000176. The molecule has 0 aliphatic carbocycles. The quantitative estimate of drug-likeness (QED) is 0.925. The molecule has 22 heavy (non-hydrogen) atoms. The maximum Gasteiger partial charge on any atom is 0.227 e. The zero-order valence-corrected chi connectivity index (χ0v) is 13.7. The number of halogens is 1. The second kappa shape index (κ2) is 7.67. The zero-order chi connectivity index (χ0) is 14.7. The third-order valence-corrected chi connectivity index (χ3v) is 4.03. The molecule has 7 heteroatoms. The van der Waals surface area contributed by atoms with Gasteiger partial charge in [0.05, 0.1) is 6.04 Å². The van der Waals surface area contributed by atoms with Crippen molar-refractivity contribution in [1.29, 1.82) is 0 Å². The average Bonchev–Trinajstić information content (AvgIpc) is 2.97. The predicted molar refractivity (Wildman–Crippen MR) is 86.1 cm³/mol. The highest BCUT2D eigenvalue weighted by molar-refractivity contribution is 5.85. The monoisotopic (exact) mass is 323 g/mol. The molecule has 2 aromatic heterocycles. The molecule has 1 N–H and O–H groups in total. The van der Waals surface area contributed by atoms with Crippen molar-refractivity contribution in [3.8, 4) is 0 Å². The maximum atomic E-state index is 5.42. The molecule has 0 radical (unpaired) electrons. The van der Waals surface area contributed by atoms with Crippen molar-refractivity contribution >= 4 is 12.4 Å². The van der Waals surface area contributed by atoms with Crippen LogP contribution in [0.25, 0.3) is 0 Å². The number of likely N-dealkylation sites (N-methyl/N-ethyl adjacent to an activating group) is 1. The van der Waals surface area contributed by atoms with Gasteiger partial charge >= 0.3 is 0 Å². The first-order chi connectivity index (χ1) is 10.2. The van der Waals surface area contributed by atoms with Gasteiger partial charge in [-0.25, -0.2) is 0 Å². The van der Waals surface area contributed by atoms with Crippen LogP contribution in [0.1, 0.15) is 36.2 Å². The third-order valence-electron chi connectivity index (χ3n) is 4.03. The summed E-state index contributed by atoms with van der Waals surface area (Å²) in [5.74, 6) is 1.78. The normalized spacial score (nSPS) is 20.4. The fourth-order valence-corrected chi connectivity index (χ4v) is 2.63. The van der Waals surface area contributed by atoms with E-state index in [1.807, 2.05) is 12.3 Å². The molecule has 0 saturated carbocycles. The second-order valence-electron chi connectivity index (χ2n) is 5.64. The summed E-state index contributed by atoms with van der Waals surface area (Å²) in [6.07, 6.45) is 4.41. The van der Waals surface area contributed by atoms with E-state index in [0.717, 1.165) is 31.9 Å². The van der Waals surface area contributed by atoms with Crippen LogP contribution in [-0.4, -0.2) is 46.7 Å². The maximum absolute atomic E-state index is 5.42. The molecule has 0 spiro atoms. The third kappa shape index (κ3) is 3.82. The van der Waals surface area contributed by atoms with Crippen LogP contribution in [0.5, 0.6) is 0 Å². The first-order valence-corrected chi connectivity index (χ1v) is 7.37. The standard InChI is InChI=1S/C15H21N5O.ClH/c1-11(12-4-3-5-16-9-12)8-14-18-15(19-21-14)13-10-17-6-7-20(13)2;/h3-5,9,11,13,17H,6-8,10H2,1-2H3;1H. The summed E-state index contributed by atoms with van der Waals surface area (Å²) in [7, 11) is 2.10. The summed E-state index contributed by atoms with van der Waals surface area (Å²) in [5.41, 5.74) is 1.19. The van der Waals surface area contributed by atoms with E-state index in [1.54, 1.807) is 6.20 Å². The Labute approximate surface area is 136 Å². The van der Waals surface area contributed by atoms with E-state index in [-0.39, 0.29) is 18.4 Å². The van der Waals surface area contributed by atoms with Gasteiger partial charge in [-0.05, 0) is 24.6 Å². The lowest BCUT2D eigenvalue weighted by molar-refractivity contribution is 0.190. The van der Waals surface area contributed by atoms with E-state index in [1.165, 1.54) is 5.56 Å². The molecule has 6 nitrogen and oxygen atoms in total. The molecule has 0 amide bonds. The van der Waals surface area contributed by atoms with Gasteiger partial charge in [-0.2, -0.15) is 4.98 Å². The van der Waals surface area contributed by atoms with Gasteiger partial charge in [0.15, 0.2) is 5.82 Å². The van der Waals surface area contributed by atoms with E-state index < -0.39 is 0 Å². The van der Waals surface area contributed by atoms with E-state index >= 15 is 0 Å². The van der Waals surface area contributed by atoms with E-state index in [9.17, 15) is 0 Å². The number of nitrogens with zero attached hydrogens (tertiary/aromatic N) is 4.